The molecule has 0 saturated heterocycles. The average Bonchev–Trinajstić information content (AvgIpc) is 2.91. The number of aryl methyl sites for hydroxylation is 3. The molecule has 2 aromatic rings. The molecule has 0 radical (unpaired) electrons. The van der Waals surface area contributed by atoms with Crippen molar-refractivity contribution in [2.45, 2.75) is 52.1 Å². The summed E-state index contributed by atoms with van der Waals surface area (Å²) in [6.45, 7) is 6.68. The van der Waals surface area contributed by atoms with Crippen LogP contribution in [-0.2, 0) is 6.42 Å². The van der Waals surface area contributed by atoms with Gasteiger partial charge in [0.1, 0.15) is 0 Å². The SMILES string of the molecule is Cc1ccc(C)c(C(C)NC2CCCc3sccc32)c1. The first kappa shape index (κ1) is 13.8. The van der Waals surface area contributed by atoms with E-state index in [2.05, 4.69) is 55.7 Å². The molecule has 2 unspecified atom stereocenters. The van der Waals surface area contributed by atoms with Gasteiger partial charge in [0, 0.05) is 17.0 Å². The highest BCUT2D eigenvalue weighted by molar-refractivity contribution is 7.10. The van der Waals surface area contributed by atoms with E-state index in [4.69, 9.17) is 0 Å². The predicted molar refractivity (Wildman–Crippen MR) is 87.5 cm³/mol. The number of benzene rings is 1. The number of hydrogen-bond acceptors (Lipinski definition) is 2. The predicted octanol–water partition coefficient (Wildman–Crippen LogP) is 5.09. The minimum atomic E-state index is 0.408. The molecule has 0 bridgehead atoms. The molecule has 1 aliphatic carbocycles. The van der Waals surface area contributed by atoms with Crippen LogP contribution in [0.2, 0.25) is 0 Å². The lowest BCUT2D eigenvalue weighted by Gasteiger charge is -2.28. The fourth-order valence-corrected chi connectivity index (χ4v) is 4.27. The average molecular weight is 285 g/mol. The molecule has 106 valence electrons. The normalized spacial score (nSPS) is 19.6. The Morgan fingerprint density at radius 2 is 2.10 bits per heavy atom. The van der Waals surface area contributed by atoms with Crippen LogP contribution >= 0.6 is 11.3 Å². The zero-order valence-electron chi connectivity index (χ0n) is 12.6. The maximum atomic E-state index is 3.85. The Morgan fingerprint density at radius 1 is 1.25 bits per heavy atom. The number of rotatable bonds is 3. The van der Waals surface area contributed by atoms with E-state index in [0.717, 1.165) is 0 Å². The van der Waals surface area contributed by atoms with E-state index in [1.807, 2.05) is 11.3 Å². The van der Waals surface area contributed by atoms with Crippen LogP contribution in [0.3, 0.4) is 0 Å². The Bertz CT molecular complexity index is 599. The summed E-state index contributed by atoms with van der Waals surface area (Å²) in [4.78, 5) is 1.59. The Kier molecular flexibility index (Phi) is 3.95. The van der Waals surface area contributed by atoms with Gasteiger partial charge >= 0.3 is 0 Å². The first-order chi connectivity index (χ1) is 9.65. The number of thiophene rings is 1. The number of fused-ring (bicyclic) bond motifs is 1. The molecule has 0 spiro atoms. The molecule has 2 atom stereocenters. The molecule has 0 saturated carbocycles. The van der Waals surface area contributed by atoms with Crippen molar-refractivity contribution in [2.24, 2.45) is 0 Å². The zero-order chi connectivity index (χ0) is 14.1. The lowest BCUT2D eigenvalue weighted by molar-refractivity contribution is 0.417. The first-order valence-electron chi connectivity index (χ1n) is 7.54. The van der Waals surface area contributed by atoms with Crippen LogP contribution in [0.15, 0.2) is 29.6 Å². The van der Waals surface area contributed by atoms with Gasteiger partial charge in [-0.15, -0.1) is 11.3 Å². The van der Waals surface area contributed by atoms with E-state index in [1.54, 1.807) is 10.4 Å². The maximum Gasteiger partial charge on any atom is 0.0336 e. The zero-order valence-corrected chi connectivity index (χ0v) is 13.4. The smallest absolute Gasteiger partial charge is 0.0336 e. The maximum absolute atomic E-state index is 3.85. The highest BCUT2D eigenvalue weighted by Gasteiger charge is 2.23. The number of hydrogen-bond donors (Lipinski definition) is 1. The second-order valence-corrected chi connectivity index (χ2v) is 6.99. The van der Waals surface area contributed by atoms with Gasteiger partial charge in [0.25, 0.3) is 0 Å². The van der Waals surface area contributed by atoms with E-state index in [0.29, 0.717) is 12.1 Å². The summed E-state index contributed by atoms with van der Waals surface area (Å²) >= 11 is 1.92. The summed E-state index contributed by atoms with van der Waals surface area (Å²) in [5.41, 5.74) is 5.71. The minimum Gasteiger partial charge on any atom is -0.303 e. The fourth-order valence-electron chi connectivity index (χ4n) is 3.28. The highest BCUT2D eigenvalue weighted by Crippen LogP contribution is 2.35. The van der Waals surface area contributed by atoms with Gasteiger partial charge in [-0.3, -0.25) is 0 Å². The summed E-state index contributed by atoms with van der Waals surface area (Å²) in [6.07, 6.45) is 3.84. The van der Waals surface area contributed by atoms with Crippen molar-refractivity contribution in [2.75, 3.05) is 0 Å². The van der Waals surface area contributed by atoms with Crippen molar-refractivity contribution in [1.29, 1.82) is 0 Å². The van der Waals surface area contributed by atoms with E-state index in [-0.39, 0.29) is 0 Å². The summed E-state index contributed by atoms with van der Waals surface area (Å²) in [6, 6.07) is 10.0. The number of nitrogens with one attached hydrogen (secondary N) is 1. The monoisotopic (exact) mass is 285 g/mol. The summed E-state index contributed by atoms with van der Waals surface area (Å²) < 4.78 is 0. The molecule has 0 amide bonds. The van der Waals surface area contributed by atoms with Crippen molar-refractivity contribution in [3.8, 4) is 0 Å². The van der Waals surface area contributed by atoms with Gasteiger partial charge in [-0.2, -0.15) is 0 Å². The second kappa shape index (κ2) is 5.71. The third-order valence-electron chi connectivity index (χ3n) is 4.40. The first-order valence-corrected chi connectivity index (χ1v) is 8.42. The van der Waals surface area contributed by atoms with Crippen molar-refractivity contribution in [3.63, 3.8) is 0 Å². The second-order valence-electron chi connectivity index (χ2n) is 5.99. The molecule has 0 fully saturated rings. The molecule has 1 nitrogen and oxygen atoms in total. The minimum absolute atomic E-state index is 0.408. The van der Waals surface area contributed by atoms with Crippen LogP contribution < -0.4 is 5.32 Å². The lowest BCUT2D eigenvalue weighted by atomic mass is 9.92. The molecule has 1 aromatic carbocycles. The quantitative estimate of drug-likeness (QED) is 0.828. The molecule has 20 heavy (non-hydrogen) atoms. The van der Waals surface area contributed by atoms with E-state index in [1.165, 1.54) is 36.0 Å². The van der Waals surface area contributed by atoms with E-state index in [9.17, 15) is 0 Å². The molecule has 1 N–H and O–H groups in total. The van der Waals surface area contributed by atoms with E-state index >= 15 is 0 Å². The van der Waals surface area contributed by atoms with Gasteiger partial charge in [-0.25, -0.2) is 0 Å². The van der Waals surface area contributed by atoms with Crippen molar-refractivity contribution in [3.05, 3.63) is 56.8 Å². The molecular weight excluding hydrogens is 262 g/mol. The third kappa shape index (κ3) is 2.68. The summed E-state index contributed by atoms with van der Waals surface area (Å²) in [5.74, 6) is 0. The molecule has 3 rings (SSSR count). The molecule has 1 aliphatic rings. The molecule has 1 aromatic heterocycles. The van der Waals surface area contributed by atoms with Gasteiger partial charge in [0.15, 0.2) is 0 Å². The molecule has 2 heteroatoms. The van der Waals surface area contributed by atoms with Crippen LogP contribution in [0.25, 0.3) is 0 Å². The van der Waals surface area contributed by atoms with Crippen LogP contribution in [0.4, 0.5) is 0 Å². The van der Waals surface area contributed by atoms with Crippen LogP contribution in [0.5, 0.6) is 0 Å². The van der Waals surface area contributed by atoms with Crippen molar-refractivity contribution < 1.29 is 0 Å². The summed E-state index contributed by atoms with van der Waals surface area (Å²) in [7, 11) is 0. The largest absolute Gasteiger partial charge is 0.303 e. The van der Waals surface area contributed by atoms with Crippen molar-refractivity contribution >= 4 is 11.3 Å². The molecule has 1 heterocycles. The Balaban J connectivity index is 1.80. The van der Waals surface area contributed by atoms with Crippen LogP contribution in [0.1, 0.15) is 59.0 Å². The summed E-state index contributed by atoms with van der Waals surface area (Å²) in [5, 5.41) is 6.10. The lowest BCUT2D eigenvalue weighted by Crippen LogP contribution is -2.27. The van der Waals surface area contributed by atoms with Gasteiger partial charge < -0.3 is 5.32 Å². The van der Waals surface area contributed by atoms with Crippen molar-refractivity contribution in [1.82, 2.24) is 5.32 Å². The van der Waals surface area contributed by atoms with E-state index < -0.39 is 0 Å². The van der Waals surface area contributed by atoms with Gasteiger partial charge in [-0.05, 0) is 68.2 Å². The van der Waals surface area contributed by atoms with Gasteiger partial charge in [0.05, 0.1) is 0 Å². The Morgan fingerprint density at radius 3 is 2.95 bits per heavy atom. The van der Waals surface area contributed by atoms with Crippen LogP contribution in [-0.4, -0.2) is 0 Å². The third-order valence-corrected chi connectivity index (χ3v) is 5.40. The van der Waals surface area contributed by atoms with Gasteiger partial charge in [0.2, 0.25) is 0 Å². The van der Waals surface area contributed by atoms with Crippen LogP contribution in [0, 0.1) is 13.8 Å². The van der Waals surface area contributed by atoms with Gasteiger partial charge in [-0.1, -0.05) is 23.8 Å². The standard InChI is InChI=1S/C18H23NS/c1-12-7-8-13(2)16(11-12)14(3)19-17-5-4-6-18-15(17)9-10-20-18/h7-11,14,17,19H,4-6H2,1-3H3. The fraction of sp³-hybridized carbons (Fsp3) is 0.444. The molecule has 0 aliphatic heterocycles. The molecular formula is C18H23NS. The Hall–Kier alpha value is -1.12. The topological polar surface area (TPSA) is 12.0 Å². The Labute approximate surface area is 126 Å². The highest BCUT2D eigenvalue weighted by atomic mass is 32.1.